The van der Waals surface area contributed by atoms with E-state index in [2.05, 4.69) is 70.3 Å². The molecule has 1 aromatic rings. The Labute approximate surface area is 112 Å². The highest BCUT2D eigenvalue weighted by molar-refractivity contribution is 6.82. The van der Waals surface area contributed by atoms with Gasteiger partial charge in [-0.25, -0.2) is 0 Å². The summed E-state index contributed by atoms with van der Waals surface area (Å²) in [5.74, 6) is 0. The van der Waals surface area contributed by atoms with Gasteiger partial charge in [0.05, 0.1) is 19.9 Å². The average molecular weight is 260 g/mol. The van der Waals surface area contributed by atoms with Crippen LogP contribution in [0.4, 0.5) is 0 Å². The number of ether oxygens (including phenoxy) is 1. The molecule has 1 aliphatic heterocycles. The van der Waals surface area contributed by atoms with E-state index in [-0.39, 0.29) is 0 Å². The van der Waals surface area contributed by atoms with E-state index < -0.39 is 8.07 Å². The van der Waals surface area contributed by atoms with E-state index in [9.17, 15) is 0 Å². The van der Waals surface area contributed by atoms with Gasteiger partial charge in [0.2, 0.25) is 0 Å². The van der Waals surface area contributed by atoms with Crippen molar-refractivity contribution >= 4 is 14.1 Å². The van der Waals surface area contributed by atoms with Gasteiger partial charge in [-0.3, -0.25) is 0 Å². The Morgan fingerprint density at radius 1 is 1.11 bits per heavy atom. The van der Waals surface area contributed by atoms with Crippen LogP contribution < -0.4 is 0 Å². The molecule has 0 aliphatic carbocycles. The van der Waals surface area contributed by atoms with Crippen molar-refractivity contribution in [1.82, 2.24) is 0 Å². The fourth-order valence-electron chi connectivity index (χ4n) is 2.05. The SMILES string of the molecule is CC(C)(C)[Si](C)(C)[C@H]1O[C@@H]1/C=C\c1ccccc1. The molecule has 1 saturated heterocycles. The lowest BCUT2D eigenvalue weighted by Gasteiger charge is -2.35. The van der Waals surface area contributed by atoms with E-state index >= 15 is 0 Å². The third-order valence-corrected chi connectivity index (χ3v) is 10.2. The molecule has 1 fully saturated rings. The van der Waals surface area contributed by atoms with E-state index in [0.29, 0.717) is 16.9 Å². The topological polar surface area (TPSA) is 12.5 Å². The molecule has 98 valence electrons. The standard InChI is InChI=1S/C16H24OSi/c1-16(2,3)18(4,5)15-14(17-15)12-11-13-9-7-6-8-10-13/h6-12,14-15H,1-5H3/b12-11-/t14-,15-/m1/s1. The van der Waals surface area contributed by atoms with Crippen molar-refractivity contribution in [2.45, 2.75) is 50.7 Å². The maximum Gasteiger partial charge on any atom is 0.0992 e. The number of hydrogen-bond acceptors (Lipinski definition) is 1. The van der Waals surface area contributed by atoms with Crippen LogP contribution in [0.15, 0.2) is 36.4 Å². The van der Waals surface area contributed by atoms with Gasteiger partial charge in [0.15, 0.2) is 0 Å². The molecule has 0 N–H and O–H groups in total. The van der Waals surface area contributed by atoms with Gasteiger partial charge in [0, 0.05) is 0 Å². The number of rotatable bonds is 3. The van der Waals surface area contributed by atoms with Crippen LogP contribution >= 0.6 is 0 Å². The second kappa shape index (κ2) is 4.67. The molecule has 1 aliphatic rings. The summed E-state index contributed by atoms with van der Waals surface area (Å²) in [5.41, 5.74) is 1.74. The quantitative estimate of drug-likeness (QED) is 0.575. The fourth-order valence-corrected chi connectivity index (χ4v) is 4.33. The van der Waals surface area contributed by atoms with E-state index in [1.807, 2.05) is 6.07 Å². The second-order valence-corrected chi connectivity index (χ2v) is 12.3. The van der Waals surface area contributed by atoms with Crippen LogP contribution in [0.3, 0.4) is 0 Å². The highest BCUT2D eigenvalue weighted by Crippen LogP contribution is 2.46. The first-order chi connectivity index (χ1) is 8.32. The Bertz CT molecular complexity index is 428. The second-order valence-electron chi connectivity index (χ2n) is 6.76. The first kappa shape index (κ1) is 13.6. The molecule has 2 atom stereocenters. The maximum absolute atomic E-state index is 5.90. The molecule has 1 aromatic carbocycles. The van der Waals surface area contributed by atoms with Crippen molar-refractivity contribution < 1.29 is 4.74 Å². The fraction of sp³-hybridized carbons (Fsp3) is 0.500. The van der Waals surface area contributed by atoms with Crippen molar-refractivity contribution in [3.63, 3.8) is 0 Å². The zero-order valence-corrected chi connectivity index (χ0v) is 13.1. The van der Waals surface area contributed by atoms with Crippen molar-refractivity contribution in [1.29, 1.82) is 0 Å². The molecule has 0 radical (unpaired) electrons. The summed E-state index contributed by atoms with van der Waals surface area (Å²) in [6.45, 7) is 11.9. The van der Waals surface area contributed by atoms with Crippen LogP contribution in [-0.4, -0.2) is 19.9 Å². The van der Waals surface area contributed by atoms with Gasteiger partial charge in [0.1, 0.15) is 0 Å². The van der Waals surface area contributed by atoms with E-state index in [1.165, 1.54) is 5.56 Å². The third-order valence-electron chi connectivity index (χ3n) is 4.45. The largest absolute Gasteiger partial charge is 0.369 e. The molecular formula is C16H24OSi. The first-order valence-corrected chi connectivity index (χ1v) is 9.79. The molecule has 0 saturated carbocycles. The lowest BCUT2D eigenvalue weighted by atomic mass is 10.2. The van der Waals surface area contributed by atoms with Gasteiger partial charge < -0.3 is 4.74 Å². The average Bonchev–Trinajstić information content (AvgIpc) is 3.06. The highest BCUT2D eigenvalue weighted by atomic mass is 28.3. The van der Waals surface area contributed by atoms with Crippen LogP contribution in [0, 0.1) is 0 Å². The van der Waals surface area contributed by atoms with Crippen molar-refractivity contribution in [2.24, 2.45) is 0 Å². The van der Waals surface area contributed by atoms with Crippen LogP contribution in [0.25, 0.3) is 6.08 Å². The highest BCUT2D eigenvalue weighted by Gasteiger charge is 2.54. The third kappa shape index (κ3) is 2.75. The van der Waals surface area contributed by atoms with Crippen molar-refractivity contribution in [2.75, 3.05) is 0 Å². The number of hydrogen-bond donors (Lipinski definition) is 0. The van der Waals surface area contributed by atoms with Crippen LogP contribution in [0.5, 0.6) is 0 Å². The van der Waals surface area contributed by atoms with Crippen LogP contribution in [0.1, 0.15) is 26.3 Å². The van der Waals surface area contributed by atoms with E-state index in [0.717, 1.165) is 0 Å². The maximum atomic E-state index is 5.90. The Hall–Kier alpha value is -0.863. The Kier molecular flexibility index (Phi) is 3.52. The molecule has 0 spiro atoms. The number of benzene rings is 1. The van der Waals surface area contributed by atoms with Gasteiger partial charge in [0.25, 0.3) is 0 Å². The lowest BCUT2D eigenvalue weighted by Crippen LogP contribution is -2.44. The molecular weight excluding hydrogens is 236 g/mol. The summed E-state index contributed by atoms with van der Waals surface area (Å²) in [7, 11) is -1.35. The molecule has 0 aromatic heterocycles. The normalized spacial score (nSPS) is 24.5. The van der Waals surface area contributed by atoms with E-state index in [1.54, 1.807) is 0 Å². The van der Waals surface area contributed by atoms with Gasteiger partial charge in [-0.2, -0.15) is 0 Å². The van der Waals surface area contributed by atoms with Gasteiger partial charge in [-0.1, -0.05) is 76.3 Å². The molecule has 0 bridgehead atoms. The lowest BCUT2D eigenvalue weighted by molar-refractivity contribution is 0.417. The van der Waals surface area contributed by atoms with Gasteiger partial charge in [-0.15, -0.1) is 0 Å². The first-order valence-electron chi connectivity index (χ1n) is 6.71. The molecule has 0 amide bonds. The molecule has 18 heavy (non-hydrogen) atoms. The summed E-state index contributed by atoms with van der Waals surface area (Å²) in [6.07, 6.45) is 4.74. The van der Waals surface area contributed by atoms with Gasteiger partial charge in [-0.05, 0) is 10.6 Å². The van der Waals surface area contributed by atoms with Crippen LogP contribution in [-0.2, 0) is 4.74 Å². The predicted octanol–water partition coefficient (Wildman–Crippen LogP) is 4.51. The summed E-state index contributed by atoms with van der Waals surface area (Å²) < 4.78 is 5.90. The summed E-state index contributed by atoms with van der Waals surface area (Å²) >= 11 is 0. The van der Waals surface area contributed by atoms with Crippen LogP contribution in [0.2, 0.25) is 18.1 Å². The number of epoxide rings is 1. The summed E-state index contributed by atoms with van der Waals surface area (Å²) in [4.78, 5) is 0. The summed E-state index contributed by atoms with van der Waals surface area (Å²) in [6, 6.07) is 10.4. The Morgan fingerprint density at radius 2 is 1.72 bits per heavy atom. The smallest absolute Gasteiger partial charge is 0.0992 e. The minimum absolute atomic E-state index is 0.339. The van der Waals surface area contributed by atoms with Gasteiger partial charge >= 0.3 is 0 Å². The zero-order valence-electron chi connectivity index (χ0n) is 12.1. The molecule has 0 unspecified atom stereocenters. The molecule has 1 nitrogen and oxygen atoms in total. The zero-order chi connectivity index (χ0) is 13.4. The van der Waals surface area contributed by atoms with Crippen molar-refractivity contribution in [3.8, 4) is 0 Å². The molecule has 1 heterocycles. The summed E-state index contributed by atoms with van der Waals surface area (Å²) in [5, 5.41) is 0.396. The minimum Gasteiger partial charge on any atom is -0.369 e. The Morgan fingerprint density at radius 3 is 2.28 bits per heavy atom. The minimum atomic E-state index is -1.35. The molecule has 2 rings (SSSR count). The molecule has 2 heteroatoms. The van der Waals surface area contributed by atoms with E-state index in [4.69, 9.17) is 4.74 Å². The Balaban J connectivity index is 1.99. The predicted molar refractivity (Wildman–Crippen MR) is 81.3 cm³/mol. The van der Waals surface area contributed by atoms with Crippen molar-refractivity contribution in [3.05, 3.63) is 42.0 Å². The monoisotopic (exact) mass is 260 g/mol.